The van der Waals surface area contributed by atoms with Crippen molar-refractivity contribution in [1.29, 1.82) is 0 Å². The molecule has 0 radical (unpaired) electrons. The van der Waals surface area contributed by atoms with Crippen LogP contribution in [0.3, 0.4) is 0 Å². The lowest BCUT2D eigenvalue weighted by Gasteiger charge is -2.50. The highest BCUT2D eigenvalue weighted by atomic mass is 32.2. The SMILES string of the molecule is C[C@@]1(O)CC[C@@H]2C[C@H]1OO[C@@]2(C)CSc1ccccc1. The number of benzene rings is 1. The van der Waals surface area contributed by atoms with Gasteiger partial charge >= 0.3 is 0 Å². The summed E-state index contributed by atoms with van der Waals surface area (Å²) in [6, 6.07) is 10.4. The molecule has 20 heavy (non-hydrogen) atoms. The summed E-state index contributed by atoms with van der Waals surface area (Å²) in [5.41, 5.74) is -1.02. The fourth-order valence-electron chi connectivity index (χ4n) is 3.08. The average Bonchev–Trinajstić information content (AvgIpc) is 2.45. The van der Waals surface area contributed by atoms with Crippen molar-refractivity contribution in [2.24, 2.45) is 5.92 Å². The first-order chi connectivity index (χ1) is 9.50. The van der Waals surface area contributed by atoms with Gasteiger partial charge < -0.3 is 5.11 Å². The molecule has 4 atom stereocenters. The van der Waals surface area contributed by atoms with Crippen LogP contribution in [0.25, 0.3) is 0 Å². The number of rotatable bonds is 3. The van der Waals surface area contributed by atoms with Gasteiger partial charge in [-0.05, 0) is 51.2 Å². The molecule has 2 bridgehead atoms. The average molecular weight is 294 g/mol. The first kappa shape index (κ1) is 14.4. The van der Waals surface area contributed by atoms with Gasteiger partial charge in [-0.1, -0.05) is 18.2 Å². The lowest BCUT2D eigenvalue weighted by molar-refractivity contribution is -0.441. The lowest BCUT2D eigenvalue weighted by atomic mass is 9.71. The van der Waals surface area contributed by atoms with E-state index in [2.05, 4.69) is 31.2 Å². The molecule has 1 aromatic carbocycles. The molecule has 1 N–H and O–H groups in total. The molecule has 3 nitrogen and oxygen atoms in total. The van der Waals surface area contributed by atoms with Crippen LogP contribution in [0.4, 0.5) is 0 Å². The maximum atomic E-state index is 10.3. The molecule has 1 saturated heterocycles. The van der Waals surface area contributed by atoms with Gasteiger partial charge in [-0.3, -0.25) is 0 Å². The second-order valence-corrected chi connectivity index (χ2v) is 7.46. The molecule has 0 spiro atoms. The molecule has 0 aromatic heterocycles. The molecular weight excluding hydrogens is 272 g/mol. The van der Waals surface area contributed by atoms with Crippen LogP contribution in [0.1, 0.15) is 33.1 Å². The molecule has 0 unspecified atom stereocenters. The van der Waals surface area contributed by atoms with Crippen molar-refractivity contribution in [3.05, 3.63) is 30.3 Å². The summed E-state index contributed by atoms with van der Waals surface area (Å²) >= 11 is 1.80. The summed E-state index contributed by atoms with van der Waals surface area (Å²) in [7, 11) is 0. The zero-order valence-corrected chi connectivity index (χ0v) is 12.9. The number of fused-ring (bicyclic) bond motifs is 2. The third kappa shape index (κ3) is 2.75. The van der Waals surface area contributed by atoms with E-state index in [1.54, 1.807) is 11.8 Å². The minimum atomic E-state index is -0.746. The molecule has 1 heterocycles. The highest BCUT2D eigenvalue weighted by Gasteiger charge is 2.51. The second-order valence-electron chi connectivity index (χ2n) is 6.41. The number of aliphatic hydroxyl groups is 1. The van der Waals surface area contributed by atoms with Crippen LogP contribution in [0.2, 0.25) is 0 Å². The third-order valence-corrected chi connectivity index (χ3v) is 6.00. The highest BCUT2D eigenvalue weighted by Crippen LogP contribution is 2.46. The molecule has 2 fully saturated rings. The van der Waals surface area contributed by atoms with Crippen LogP contribution in [0, 0.1) is 5.92 Å². The summed E-state index contributed by atoms with van der Waals surface area (Å²) < 4.78 is 0. The highest BCUT2D eigenvalue weighted by molar-refractivity contribution is 7.99. The van der Waals surface area contributed by atoms with Gasteiger partial charge in [0.2, 0.25) is 0 Å². The largest absolute Gasteiger partial charge is 0.387 e. The summed E-state index contributed by atoms with van der Waals surface area (Å²) in [5.74, 6) is 1.33. The monoisotopic (exact) mass is 294 g/mol. The Labute approximate surface area is 124 Å². The van der Waals surface area contributed by atoms with Crippen LogP contribution >= 0.6 is 11.8 Å². The maximum Gasteiger partial charge on any atom is 0.122 e. The zero-order chi connectivity index (χ0) is 14.2. The summed E-state index contributed by atoms with van der Waals surface area (Å²) in [4.78, 5) is 12.5. The Morgan fingerprint density at radius 3 is 2.80 bits per heavy atom. The van der Waals surface area contributed by atoms with E-state index >= 15 is 0 Å². The van der Waals surface area contributed by atoms with Crippen molar-refractivity contribution >= 4 is 11.8 Å². The van der Waals surface area contributed by atoms with Crippen molar-refractivity contribution in [3.8, 4) is 0 Å². The van der Waals surface area contributed by atoms with Gasteiger partial charge in [0.05, 0.1) is 5.60 Å². The Bertz CT molecular complexity index is 462. The van der Waals surface area contributed by atoms with Crippen molar-refractivity contribution < 1.29 is 14.9 Å². The fourth-order valence-corrected chi connectivity index (χ4v) is 4.16. The minimum Gasteiger partial charge on any atom is -0.387 e. The third-order valence-electron chi connectivity index (χ3n) is 4.68. The van der Waals surface area contributed by atoms with E-state index in [-0.39, 0.29) is 11.7 Å². The van der Waals surface area contributed by atoms with Gasteiger partial charge in [-0.15, -0.1) is 11.8 Å². The molecule has 1 aromatic rings. The molecule has 1 aliphatic carbocycles. The van der Waals surface area contributed by atoms with Crippen molar-refractivity contribution in [2.75, 3.05) is 5.75 Å². The lowest BCUT2D eigenvalue weighted by Crippen LogP contribution is -2.57. The molecule has 1 aliphatic heterocycles. The van der Waals surface area contributed by atoms with E-state index in [1.165, 1.54) is 4.90 Å². The molecular formula is C16H22O3S. The van der Waals surface area contributed by atoms with Crippen molar-refractivity contribution in [2.45, 2.75) is 55.3 Å². The van der Waals surface area contributed by atoms with Gasteiger partial charge in [0.1, 0.15) is 11.7 Å². The van der Waals surface area contributed by atoms with Crippen molar-refractivity contribution in [3.63, 3.8) is 0 Å². The van der Waals surface area contributed by atoms with Gasteiger partial charge in [-0.25, -0.2) is 9.78 Å². The predicted molar refractivity (Wildman–Crippen MR) is 79.5 cm³/mol. The van der Waals surface area contributed by atoms with E-state index in [9.17, 15) is 5.11 Å². The Balaban J connectivity index is 1.65. The van der Waals surface area contributed by atoms with Gasteiger partial charge in [0, 0.05) is 10.6 Å². The van der Waals surface area contributed by atoms with E-state index in [4.69, 9.17) is 9.78 Å². The van der Waals surface area contributed by atoms with Crippen LogP contribution in [0.15, 0.2) is 35.2 Å². The number of hydrogen-bond acceptors (Lipinski definition) is 4. The van der Waals surface area contributed by atoms with Crippen LogP contribution in [-0.2, 0) is 9.78 Å². The quantitative estimate of drug-likeness (QED) is 0.685. The van der Waals surface area contributed by atoms with Gasteiger partial charge in [0.15, 0.2) is 0 Å². The smallest absolute Gasteiger partial charge is 0.122 e. The first-order valence-electron chi connectivity index (χ1n) is 7.24. The predicted octanol–water partition coefficient (Wildman–Crippen LogP) is 3.42. The Morgan fingerprint density at radius 2 is 2.05 bits per heavy atom. The molecule has 2 aliphatic rings. The van der Waals surface area contributed by atoms with Crippen LogP contribution in [0.5, 0.6) is 0 Å². The topological polar surface area (TPSA) is 38.7 Å². The Morgan fingerprint density at radius 1 is 1.30 bits per heavy atom. The van der Waals surface area contributed by atoms with Crippen molar-refractivity contribution in [1.82, 2.24) is 0 Å². The fraction of sp³-hybridized carbons (Fsp3) is 0.625. The molecule has 1 saturated carbocycles. The van der Waals surface area contributed by atoms with E-state index in [1.807, 2.05) is 13.0 Å². The Hall–Kier alpha value is -0.550. The van der Waals surface area contributed by atoms with Crippen LogP contribution < -0.4 is 0 Å². The summed E-state index contributed by atoms with van der Waals surface area (Å²) in [5, 5.41) is 10.3. The standard InChI is InChI=1S/C16H22O3S/c1-15(17)9-8-12-10-14(15)18-19-16(12,2)11-20-13-6-4-3-5-7-13/h3-7,12,14,17H,8-11H2,1-2H3/t12-,14-,15-,16+/m1/s1. The zero-order valence-electron chi connectivity index (χ0n) is 12.0. The van der Waals surface area contributed by atoms with E-state index in [0.29, 0.717) is 5.92 Å². The molecule has 0 amide bonds. The summed E-state index contributed by atoms with van der Waals surface area (Å²) in [6.07, 6.45) is 2.49. The number of hydrogen-bond donors (Lipinski definition) is 1. The van der Waals surface area contributed by atoms with Gasteiger partial charge in [-0.2, -0.15) is 0 Å². The van der Waals surface area contributed by atoms with Crippen LogP contribution in [-0.4, -0.2) is 28.2 Å². The first-order valence-corrected chi connectivity index (χ1v) is 8.23. The maximum absolute atomic E-state index is 10.3. The van der Waals surface area contributed by atoms with E-state index in [0.717, 1.165) is 25.0 Å². The molecule has 3 rings (SSSR count). The normalized spacial score (nSPS) is 40.5. The van der Waals surface area contributed by atoms with E-state index < -0.39 is 5.60 Å². The molecule has 4 heteroatoms. The molecule has 110 valence electrons. The second kappa shape index (κ2) is 5.34. The Kier molecular flexibility index (Phi) is 3.84. The van der Waals surface area contributed by atoms with Gasteiger partial charge in [0.25, 0.3) is 0 Å². The summed E-state index contributed by atoms with van der Waals surface area (Å²) in [6.45, 7) is 3.97. The minimum absolute atomic E-state index is 0.184. The number of thioether (sulfide) groups is 1.